The lowest BCUT2D eigenvalue weighted by molar-refractivity contribution is 0.227. The number of fused-ring (bicyclic) bond motifs is 1. The number of allylic oxidation sites excluding steroid dienone is 2. The molecule has 30 heavy (non-hydrogen) atoms. The van der Waals surface area contributed by atoms with Crippen molar-refractivity contribution in [3.8, 4) is 29.7 Å². The van der Waals surface area contributed by atoms with Crippen LogP contribution in [-0.2, 0) is 0 Å². The summed E-state index contributed by atoms with van der Waals surface area (Å²) in [6.45, 7) is 5.13. The molecule has 0 fully saturated rings. The first-order chi connectivity index (χ1) is 14.3. The molecule has 0 spiro atoms. The summed E-state index contributed by atoms with van der Waals surface area (Å²) >= 11 is 0. The lowest BCUT2D eigenvalue weighted by Crippen LogP contribution is -2.47. The van der Waals surface area contributed by atoms with Gasteiger partial charge in [0.25, 0.3) is 0 Å². The SMILES string of the molecule is COc1cc([C@@H]2[C@@H]3CN(C)CC=C3C(C#N)=C(N)C2(C#N)C#N)ccc1OC(C)C. The molecule has 1 aromatic carbocycles. The first kappa shape index (κ1) is 21.2. The maximum Gasteiger partial charge on any atom is 0.191 e. The van der Waals surface area contributed by atoms with Crippen molar-refractivity contribution in [1.82, 2.24) is 4.90 Å². The van der Waals surface area contributed by atoms with Gasteiger partial charge in [-0.25, -0.2) is 0 Å². The van der Waals surface area contributed by atoms with Crippen LogP contribution in [0.25, 0.3) is 0 Å². The van der Waals surface area contributed by atoms with Gasteiger partial charge in [-0.2, -0.15) is 15.8 Å². The smallest absolute Gasteiger partial charge is 0.191 e. The molecule has 0 unspecified atom stereocenters. The van der Waals surface area contributed by atoms with Crippen molar-refractivity contribution in [3.63, 3.8) is 0 Å². The van der Waals surface area contributed by atoms with E-state index in [2.05, 4.69) is 23.1 Å². The van der Waals surface area contributed by atoms with Crippen LogP contribution in [0.1, 0.15) is 25.3 Å². The van der Waals surface area contributed by atoms with E-state index in [0.29, 0.717) is 24.6 Å². The van der Waals surface area contributed by atoms with Crippen LogP contribution in [0.4, 0.5) is 0 Å². The molecule has 2 N–H and O–H groups in total. The predicted octanol–water partition coefficient (Wildman–Crippen LogP) is 2.84. The van der Waals surface area contributed by atoms with Gasteiger partial charge in [0, 0.05) is 24.9 Å². The van der Waals surface area contributed by atoms with E-state index >= 15 is 0 Å². The van der Waals surface area contributed by atoms with Crippen LogP contribution >= 0.6 is 0 Å². The van der Waals surface area contributed by atoms with E-state index in [1.165, 1.54) is 0 Å². The van der Waals surface area contributed by atoms with Gasteiger partial charge in [0.2, 0.25) is 0 Å². The molecule has 0 aromatic heterocycles. The van der Waals surface area contributed by atoms with Crippen LogP contribution in [0, 0.1) is 45.3 Å². The fourth-order valence-electron chi connectivity index (χ4n) is 4.43. The molecule has 1 heterocycles. The van der Waals surface area contributed by atoms with Gasteiger partial charge in [-0.15, -0.1) is 0 Å². The van der Waals surface area contributed by atoms with Crippen molar-refractivity contribution in [2.45, 2.75) is 25.9 Å². The number of hydrogen-bond donors (Lipinski definition) is 1. The number of nitrogens with two attached hydrogens (primary N) is 1. The van der Waals surface area contributed by atoms with Gasteiger partial charge in [0.15, 0.2) is 16.9 Å². The molecule has 0 bridgehead atoms. The molecule has 2 atom stereocenters. The van der Waals surface area contributed by atoms with Gasteiger partial charge < -0.3 is 20.1 Å². The van der Waals surface area contributed by atoms with Crippen LogP contribution < -0.4 is 15.2 Å². The van der Waals surface area contributed by atoms with E-state index in [1.54, 1.807) is 13.2 Å². The Morgan fingerprint density at radius 3 is 2.47 bits per heavy atom. The summed E-state index contributed by atoms with van der Waals surface area (Å²) in [6, 6.07) is 11.9. The third-order valence-electron chi connectivity index (χ3n) is 5.76. The maximum absolute atomic E-state index is 10.1. The molecule has 3 rings (SSSR count). The summed E-state index contributed by atoms with van der Waals surface area (Å²) in [5.74, 6) is 0.325. The number of rotatable bonds is 4. The van der Waals surface area contributed by atoms with Gasteiger partial charge in [0.1, 0.15) is 6.07 Å². The highest BCUT2D eigenvalue weighted by atomic mass is 16.5. The fraction of sp³-hybridized carbons (Fsp3) is 0.435. The first-order valence-corrected chi connectivity index (χ1v) is 9.79. The summed E-state index contributed by atoms with van der Waals surface area (Å²) in [6.07, 6.45) is 1.94. The lowest BCUT2D eigenvalue weighted by Gasteiger charge is -2.45. The maximum atomic E-state index is 10.1. The summed E-state index contributed by atoms with van der Waals surface area (Å²) in [5, 5.41) is 30.0. The number of methoxy groups -OCH3 is 1. The Morgan fingerprint density at radius 1 is 1.20 bits per heavy atom. The monoisotopic (exact) mass is 403 g/mol. The van der Waals surface area contributed by atoms with Gasteiger partial charge >= 0.3 is 0 Å². The molecule has 0 saturated heterocycles. The van der Waals surface area contributed by atoms with Crippen LogP contribution in [0.15, 0.2) is 41.1 Å². The third kappa shape index (κ3) is 3.26. The van der Waals surface area contributed by atoms with Crippen LogP contribution in [0.3, 0.4) is 0 Å². The fourth-order valence-corrected chi connectivity index (χ4v) is 4.43. The van der Waals surface area contributed by atoms with E-state index in [-0.39, 0.29) is 23.3 Å². The number of nitriles is 3. The molecule has 7 heteroatoms. The topological polar surface area (TPSA) is 119 Å². The van der Waals surface area contributed by atoms with Crippen LogP contribution in [0.5, 0.6) is 11.5 Å². The van der Waals surface area contributed by atoms with Crippen LogP contribution in [0.2, 0.25) is 0 Å². The van der Waals surface area contributed by atoms with Crippen molar-refractivity contribution in [2.24, 2.45) is 17.1 Å². The largest absolute Gasteiger partial charge is 0.493 e. The van der Waals surface area contributed by atoms with E-state index < -0.39 is 11.3 Å². The molecule has 0 saturated carbocycles. The molecule has 1 aliphatic heterocycles. The molecular weight excluding hydrogens is 378 g/mol. The minimum absolute atomic E-state index is 0.0218. The quantitative estimate of drug-likeness (QED) is 0.821. The van der Waals surface area contributed by atoms with Gasteiger partial charge in [-0.05, 0) is 44.2 Å². The molecule has 1 aliphatic carbocycles. The third-order valence-corrected chi connectivity index (χ3v) is 5.76. The molecular formula is C23H25N5O2. The molecule has 0 radical (unpaired) electrons. The number of hydrogen-bond acceptors (Lipinski definition) is 7. The highest BCUT2D eigenvalue weighted by molar-refractivity contribution is 5.60. The molecule has 0 amide bonds. The summed E-state index contributed by atoms with van der Waals surface area (Å²) in [7, 11) is 3.52. The second kappa shape index (κ2) is 8.11. The predicted molar refractivity (Wildman–Crippen MR) is 111 cm³/mol. The van der Waals surface area contributed by atoms with Crippen molar-refractivity contribution >= 4 is 0 Å². The summed E-state index contributed by atoms with van der Waals surface area (Å²) in [5.41, 5.74) is 6.50. The average Bonchev–Trinajstić information content (AvgIpc) is 2.73. The van der Waals surface area contributed by atoms with Gasteiger partial charge in [0.05, 0.1) is 36.6 Å². The Bertz CT molecular complexity index is 1020. The highest BCUT2D eigenvalue weighted by Gasteiger charge is 2.54. The zero-order valence-corrected chi connectivity index (χ0v) is 17.6. The Labute approximate surface area is 177 Å². The summed E-state index contributed by atoms with van der Waals surface area (Å²) in [4.78, 5) is 2.10. The van der Waals surface area contributed by atoms with Crippen molar-refractivity contribution in [3.05, 3.63) is 46.7 Å². The molecule has 7 nitrogen and oxygen atoms in total. The summed E-state index contributed by atoms with van der Waals surface area (Å²) < 4.78 is 11.3. The Hall–Kier alpha value is -3.47. The highest BCUT2D eigenvalue weighted by Crippen LogP contribution is 2.54. The van der Waals surface area contributed by atoms with Crippen molar-refractivity contribution < 1.29 is 9.47 Å². The minimum atomic E-state index is -1.66. The first-order valence-electron chi connectivity index (χ1n) is 9.79. The lowest BCUT2D eigenvalue weighted by atomic mass is 9.58. The van der Waals surface area contributed by atoms with Crippen LogP contribution in [-0.4, -0.2) is 38.3 Å². The zero-order chi connectivity index (χ0) is 22.1. The average molecular weight is 403 g/mol. The number of benzene rings is 1. The number of nitrogens with zero attached hydrogens (tertiary/aromatic N) is 4. The van der Waals surface area contributed by atoms with Crippen molar-refractivity contribution in [1.29, 1.82) is 15.8 Å². The second-order valence-corrected chi connectivity index (χ2v) is 7.97. The molecule has 1 aromatic rings. The molecule has 154 valence electrons. The number of likely N-dealkylation sites (N-methyl/N-ethyl adjacent to an activating group) is 1. The van der Waals surface area contributed by atoms with Gasteiger partial charge in [-0.1, -0.05) is 12.1 Å². The standard InChI is InChI=1S/C23H25N5O2/c1-14(2)30-19-6-5-15(9-20(19)29-4)21-18-11-28(3)8-7-16(18)17(10-24)22(27)23(21,12-25)13-26/h5-7,9,14,18,21H,8,11,27H2,1-4H3/t18-,21-/m1/s1. The Kier molecular flexibility index (Phi) is 5.74. The van der Waals surface area contributed by atoms with Crippen molar-refractivity contribution in [2.75, 3.05) is 27.2 Å². The Balaban J connectivity index is 2.26. The molecule has 2 aliphatic rings. The van der Waals surface area contributed by atoms with E-state index in [4.69, 9.17) is 15.2 Å². The normalized spacial score (nSPS) is 22.9. The van der Waals surface area contributed by atoms with E-state index in [9.17, 15) is 15.8 Å². The Morgan fingerprint density at radius 2 is 1.90 bits per heavy atom. The van der Waals surface area contributed by atoms with E-state index in [0.717, 1.165) is 11.1 Å². The number of ether oxygens (including phenoxy) is 2. The zero-order valence-electron chi connectivity index (χ0n) is 17.6. The minimum Gasteiger partial charge on any atom is -0.493 e. The van der Waals surface area contributed by atoms with Gasteiger partial charge in [-0.3, -0.25) is 0 Å². The second-order valence-electron chi connectivity index (χ2n) is 7.97. The van der Waals surface area contributed by atoms with E-state index in [1.807, 2.05) is 39.1 Å².